The Morgan fingerprint density at radius 1 is 1.33 bits per heavy atom. The predicted octanol–water partition coefficient (Wildman–Crippen LogP) is 2.12. The molecule has 0 aliphatic rings. The summed E-state index contributed by atoms with van der Waals surface area (Å²) in [4.78, 5) is 0. The molecular formula is C12H19NO2. The van der Waals surface area contributed by atoms with Crippen molar-refractivity contribution in [3.05, 3.63) is 29.8 Å². The number of hydrogen-bond donors (Lipinski definition) is 1. The third kappa shape index (κ3) is 3.90. The van der Waals surface area contributed by atoms with Crippen molar-refractivity contribution in [1.82, 2.24) is 0 Å². The summed E-state index contributed by atoms with van der Waals surface area (Å²) in [5.41, 5.74) is 6.87. The molecule has 0 amide bonds. The van der Waals surface area contributed by atoms with E-state index in [0.29, 0.717) is 6.61 Å². The van der Waals surface area contributed by atoms with Crippen LogP contribution in [0, 0.1) is 0 Å². The summed E-state index contributed by atoms with van der Waals surface area (Å²) >= 11 is 0. The van der Waals surface area contributed by atoms with E-state index in [2.05, 4.69) is 0 Å². The molecule has 84 valence electrons. The Labute approximate surface area is 91.2 Å². The maximum Gasteiger partial charge on any atom is 0.120 e. The van der Waals surface area contributed by atoms with Gasteiger partial charge in [0.1, 0.15) is 11.9 Å². The number of nitrogens with two attached hydrogens (primary N) is 1. The van der Waals surface area contributed by atoms with Crippen LogP contribution in [0.3, 0.4) is 0 Å². The van der Waals surface area contributed by atoms with E-state index in [4.69, 9.17) is 15.2 Å². The molecule has 0 radical (unpaired) electrons. The second kappa shape index (κ2) is 5.73. The molecule has 15 heavy (non-hydrogen) atoms. The van der Waals surface area contributed by atoms with Crippen LogP contribution in [-0.2, 0) is 4.74 Å². The van der Waals surface area contributed by atoms with Crippen LogP contribution in [0.4, 0.5) is 0 Å². The van der Waals surface area contributed by atoms with Gasteiger partial charge >= 0.3 is 0 Å². The van der Waals surface area contributed by atoms with Crippen molar-refractivity contribution in [3.63, 3.8) is 0 Å². The van der Waals surface area contributed by atoms with E-state index in [1.54, 1.807) is 7.11 Å². The molecular weight excluding hydrogens is 190 g/mol. The van der Waals surface area contributed by atoms with Gasteiger partial charge in [-0.05, 0) is 31.5 Å². The van der Waals surface area contributed by atoms with Crippen LogP contribution in [0.5, 0.6) is 5.75 Å². The fourth-order valence-electron chi connectivity index (χ4n) is 1.37. The summed E-state index contributed by atoms with van der Waals surface area (Å²) in [7, 11) is 1.66. The summed E-state index contributed by atoms with van der Waals surface area (Å²) in [6, 6.07) is 7.88. The van der Waals surface area contributed by atoms with Crippen molar-refractivity contribution in [1.29, 1.82) is 0 Å². The summed E-state index contributed by atoms with van der Waals surface area (Å²) < 4.78 is 10.7. The second-order valence-corrected chi connectivity index (χ2v) is 3.74. The summed E-state index contributed by atoms with van der Waals surface area (Å²) in [6.45, 7) is 4.52. The second-order valence-electron chi connectivity index (χ2n) is 3.74. The zero-order valence-corrected chi connectivity index (χ0v) is 9.57. The standard InChI is InChI=1S/C12H19NO2/c1-9(8-14-3)15-12-6-4-5-11(7-12)10(2)13/h4-7,9-10H,8,13H2,1-3H3. The minimum atomic E-state index is 0.0336. The van der Waals surface area contributed by atoms with Gasteiger partial charge < -0.3 is 15.2 Å². The van der Waals surface area contributed by atoms with Gasteiger partial charge in [0.15, 0.2) is 0 Å². The zero-order chi connectivity index (χ0) is 11.3. The molecule has 2 N–H and O–H groups in total. The number of rotatable bonds is 5. The van der Waals surface area contributed by atoms with E-state index in [1.807, 2.05) is 38.1 Å². The first-order valence-corrected chi connectivity index (χ1v) is 5.14. The Bertz CT molecular complexity index is 299. The zero-order valence-electron chi connectivity index (χ0n) is 9.57. The molecule has 0 fully saturated rings. The van der Waals surface area contributed by atoms with Crippen LogP contribution in [0.25, 0.3) is 0 Å². The first-order valence-electron chi connectivity index (χ1n) is 5.14. The highest BCUT2D eigenvalue weighted by atomic mass is 16.5. The number of methoxy groups -OCH3 is 1. The van der Waals surface area contributed by atoms with Gasteiger partial charge in [-0.1, -0.05) is 12.1 Å². The Balaban J connectivity index is 2.65. The number of ether oxygens (including phenoxy) is 2. The monoisotopic (exact) mass is 209 g/mol. The van der Waals surface area contributed by atoms with Gasteiger partial charge in [-0.25, -0.2) is 0 Å². The minimum Gasteiger partial charge on any atom is -0.488 e. The maximum absolute atomic E-state index is 5.79. The van der Waals surface area contributed by atoms with Gasteiger partial charge in [-0.2, -0.15) is 0 Å². The number of benzene rings is 1. The lowest BCUT2D eigenvalue weighted by Gasteiger charge is -2.15. The molecule has 2 unspecified atom stereocenters. The molecule has 3 heteroatoms. The predicted molar refractivity (Wildman–Crippen MR) is 61.0 cm³/mol. The molecule has 0 aromatic heterocycles. The molecule has 2 atom stereocenters. The van der Waals surface area contributed by atoms with Gasteiger partial charge in [0.2, 0.25) is 0 Å². The Hall–Kier alpha value is -1.06. The SMILES string of the molecule is COCC(C)Oc1cccc(C(C)N)c1. The molecule has 0 heterocycles. The molecule has 1 aromatic rings. The third-order valence-electron chi connectivity index (χ3n) is 2.12. The van der Waals surface area contributed by atoms with Crippen molar-refractivity contribution < 1.29 is 9.47 Å². The van der Waals surface area contributed by atoms with E-state index in [9.17, 15) is 0 Å². The molecule has 0 aliphatic heterocycles. The van der Waals surface area contributed by atoms with E-state index in [1.165, 1.54) is 0 Å². The van der Waals surface area contributed by atoms with Crippen LogP contribution in [0.2, 0.25) is 0 Å². The summed E-state index contributed by atoms with van der Waals surface area (Å²) in [6.07, 6.45) is 0.0540. The average Bonchev–Trinajstić information content (AvgIpc) is 2.18. The van der Waals surface area contributed by atoms with Crippen molar-refractivity contribution in [2.24, 2.45) is 5.73 Å². The van der Waals surface area contributed by atoms with Crippen LogP contribution in [0.1, 0.15) is 25.5 Å². The molecule has 0 bridgehead atoms. The van der Waals surface area contributed by atoms with Crippen molar-refractivity contribution in [2.75, 3.05) is 13.7 Å². The fraction of sp³-hybridized carbons (Fsp3) is 0.500. The van der Waals surface area contributed by atoms with Gasteiger partial charge in [0.05, 0.1) is 6.61 Å². The molecule has 0 aliphatic carbocycles. The first kappa shape index (κ1) is 12.0. The smallest absolute Gasteiger partial charge is 0.120 e. The van der Waals surface area contributed by atoms with Crippen LogP contribution in [0.15, 0.2) is 24.3 Å². The Morgan fingerprint density at radius 2 is 2.07 bits per heavy atom. The largest absolute Gasteiger partial charge is 0.488 e. The highest BCUT2D eigenvalue weighted by molar-refractivity contribution is 5.30. The maximum atomic E-state index is 5.79. The third-order valence-corrected chi connectivity index (χ3v) is 2.12. The normalized spacial score (nSPS) is 14.7. The summed E-state index contributed by atoms with van der Waals surface area (Å²) in [5, 5.41) is 0. The lowest BCUT2D eigenvalue weighted by Crippen LogP contribution is -2.18. The number of hydrogen-bond acceptors (Lipinski definition) is 3. The average molecular weight is 209 g/mol. The minimum absolute atomic E-state index is 0.0336. The highest BCUT2D eigenvalue weighted by Crippen LogP contribution is 2.18. The van der Waals surface area contributed by atoms with E-state index >= 15 is 0 Å². The van der Waals surface area contributed by atoms with Gasteiger partial charge in [0, 0.05) is 13.2 Å². The first-order chi connectivity index (χ1) is 7.13. The van der Waals surface area contributed by atoms with Gasteiger partial charge in [0.25, 0.3) is 0 Å². The molecule has 1 aromatic carbocycles. The van der Waals surface area contributed by atoms with Crippen LogP contribution < -0.4 is 10.5 Å². The molecule has 3 nitrogen and oxygen atoms in total. The van der Waals surface area contributed by atoms with Crippen LogP contribution >= 0.6 is 0 Å². The van der Waals surface area contributed by atoms with E-state index < -0.39 is 0 Å². The molecule has 0 saturated heterocycles. The van der Waals surface area contributed by atoms with Crippen molar-refractivity contribution in [2.45, 2.75) is 26.0 Å². The Kier molecular flexibility index (Phi) is 4.59. The van der Waals surface area contributed by atoms with Gasteiger partial charge in [-0.3, -0.25) is 0 Å². The van der Waals surface area contributed by atoms with Crippen molar-refractivity contribution >= 4 is 0 Å². The highest BCUT2D eigenvalue weighted by Gasteiger charge is 2.05. The van der Waals surface area contributed by atoms with Crippen molar-refractivity contribution in [3.8, 4) is 5.75 Å². The van der Waals surface area contributed by atoms with E-state index in [-0.39, 0.29) is 12.1 Å². The van der Waals surface area contributed by atoms with E-state index in [0.717, 1.165) is 11.3 Å². The summed E-state index contributed by atoms with van der Waals surface area (Å²) in [5.74, 6) is 0.842. The lowest BCUT2D eigenvalue weighted by atomic mass is 10.1. The molecule has 1 rings (SSSR count). The molecule has 0 spiro atoms. The lowest BCUT2D eigenvalue weighted by molar-refractivity contribution is 0.0920. The van der Waals surface area contributed by atoms with Gasteiger partial charge in [-0.15, -0.1) is 0 Å². The topological polar surface area (TPSA) is 44.5 Å². The quantitative estimate of drug-likeness (QED) is 0.807. The molecule has 0 saturated carbocycles. The van der Waals surface area contributed by atoms with Crippen LogP contribution in [-0.4, -0.2) is 19.8 Å². The fourth-order valence-corrected chi connectivity index (χ4v) is 1.37. The Morgan fingerprint density at radius 3 is 2.67 bits per heavy atom.